The highest BCUT2D eigenvalue weighted by molar-refractivity contribution is 5.93. The summed E-state index contributed by atoms with van der Waals surface area (Å²) in [6.45, 7) is -1.30. The Morgan fingerprint density at radius 1 is 1.07 bits per heavy atom. The first-order valence-corrected chi connectivity index (χ1v) is 8.31. The number of carbonyl (C=O) groups excluding carboxylic acids is 2. The lowest BCUT2D eigenvalue weighted by molar-refractivity contribution is -0.148. The molecule has 150 valence electrons. The third-order valence-corrected chi connectivity index (χ3v) is 3.90. The van der Waals surface area contributed by atoms with Gasteiger partial charge in [0.05, 0.1) is 28.5 Å². The molecule has 1 amide bonds. The van der Waals surface area contributed by atoms with Gasteiger partial charge in [-0.15, -0.1) is 0 Å². The topological polar surface area (TPSA) is 90.3 Å². The Balaban J connectivity index is 1.61. The molecule has 0 saturated carbocycles. The largest absolute Gasteiger partial charge is 0.454 e. The van der Waals surface area contributed by atoms with Gasteiger partial charge < -0.3 is 10.1 Å². The molecule has 0 atom stereocenters. The van der Waals surface area contributed by atoms with Crippen LogP contribution in [0.15, 0.2) is 59.7 Å². The molecule has 0 fully saturated rings. The molecule has 1 aromatic heterocycles. The van der Waals surface area contributed by atoms with E-state index in [0.29, 0.717) is 10.9 Å². The van der Waals surface area contributed by atoms with Crippen LogP contribution in [-0.2, 0) is 27.0 Å². The Hall–Kier alpha value is -3.69. The monoisotopic (exact) mass is 405 g/mol. The van der Waals surface area contributed by atoms with Gasteiger partial charge in [0.25, 0.3) is 11.5 Å². The number of carbonyl (C=O) groups is 2. The van der Waals surface area contributed by atoms with Crippen molar-refractivity contribution in [2.45, 2.75) is 12.7 Å². The second-order valence-corrected chi connectivity index (χ2v) is 5.95. The van der Waals surface area contributed by atoms with Crippen molar-refractivity contribution in [2.24, 2.45) is 0 Å². The van der Waals surface area contributed by atoms with Gasteiger partial charge in [0.15, 0.2) is 6.61 Å². The zero-order valence-electron chi connectivity index (χ0n) is 14.8. The van der Waals surface area contributed by atoms with Crippen molar-refractivity contribution < 1.29 is 27.5 Å². The van der Waals surface area contributed by atoms with Gasteiger partial charge in [-0.05, 0) is 24.3 Å². The predicted molar refractivity (Wildman–Crippen MR) is 97.0 cm³/mol. The number of hydrogen-bond acceptors (Lipinski definition) is 5. The van der Waals surface area contributed by atoms with E-state index in [1.807, 2.05) is 0 Å². The van der Waals surface area contributed by atoms with E-state index in [9.17, 15) is 27.6 Å². The van der Waals surface area contributed by atoms with Crippen LogP contribution in [0.4, 0.5) is 18.9 Å². The van der Waals surface area contributed by atoms with Crippen molar-refractivity contribution in [2.75, 3.05) is 11.9 Å². The Morgan fingerprint density at radius 2 is 1.76 bits per heavy atom. The molecule has 1 N–H and O–H groups in total. The summed E-state index contributed by atoms with van der Waals surface area (Å²) in [5.41, 5.74) is -1.47. The van der Waals surface area contributed by atoms with Crippen molar-refractivity contribution in [3.05, 3.63) is 70.8 Å². The standard InChI is InChI=1S/C19H14F3N3O4/c20-19(21,22)13-6-2-4-8-15(13)24-16(26)10-29-17(27)9-25-11-23-14-7-3-1-5-12(14)18(25)28/h1-8,11H,9-10H2,(H,24,26). The van der Waals surface area contributed by atoms with Gasteiger partial charge in [-0.1, -0.05) is 24.3 Å². The van der Waals surface area contributed by atoms with E-state index >= 15 is 0 Å². The summed E-state index contributed by atoms with van der Waals surface area (Å²) in [5.74, 6) is -1.86. The summed E-state index contributed by atoms with van der Waals surface area (Å²) >= 11 is 0. The van der Waals surface area contributed by atoms with E-state index < -0.39 is 48.0 Å². The molecule has 7 nitrogen and oxygen atoms in total. The number of nitrogens with one attached hydrogen (secondary N) is 1. The van der Waals surface area contributed by atoms with E-state index in [2.05, 4.69) is 10.3 Å². The van der Waals surface area contributed by atoms with Gasteiger partial charge in [0, 0.05) is 0 Å². The number of benzene rings is 2. The molecule has 0 saturated heterocycles. The Kier molecular flexibility index (Phi) is 5.62. The van der Waals surface area contributed by atoms with Crippen LogP contribution in [0.1, 0.15) is 5.56 Å². The number of para-hydroxylation sites is 2. The molecule has 0 aliphatic rings. The molecule has 1 heterocycles. The minimum Gasteiger partial charge on any atom is -0.454 e. The SMILES string of the molecule is O=C(COC(=O)Cn1cnc2ccccc2c1=O)Nc1ccccc1C(F)(F)F. The highest BCUT2D eigenvalue weighted by Gasteiger charge is 2.33. The summed E-state index contributed by atoms with van der Waals surface area (Å²) in [4.78, 5) is 40.1. The fourth-order valence-corrected chi connectivity index (χ4v) is 2.58. The van der Waals surface area contributed by atoms with E-state index in [-0.39, 0.29) is 0 Å². The number of hydrogen-bond donors (Lipinski definition) is 1. The van der Waals surface area contributed by atoms with Crippen molar-refractivity contribution in [3.8, 4) is 0 Å². The van der Waals surface area contributed by atoms with E-state index in [0.717, 1.165) is 16.7 Å². The molecule has 0 aliphatic heterocycles. The number of amides is 1. The van der Waals surface area contributed by atoms with Crippen LogP contribution >= 0.6 is 0 Å². The first-order valence-electron chi connectivity index (χ1n) is 8.31. The average molecular weight is 405 g/mol. The van der Waals surface area contributed by atoms with Crippen LogP contribution in [0.3, 0.4) is 0 Å². The number of halogens is 3. The smallest absolute Gasteiger partial charge is 0.418 e. The first kappa shape index (κ1) is 20.1. The third-order valence-electron chi connectivity index (χ3n) is 3.90. The number of nitrogens with zero attached hydrogens (tertiary/aromatic N) is 2. The molecular weight excluding hydrogens is 391 g/mol. The van der Waals surface area contributed by atoms with Gasteiger partial charge in [-0.25, -0.2) is 4.98 Å². The highest BCUT2D eigenvalue weighted by Crippen LogP contribution is 2.34. The highest BCUT2D eigenvalue weighted by atomic mass is 19.4. The molecular formula is C19H14F3N3O4. The Morgan fingerprint density at radius 3 is 2.52 bits per heavy atom. The Bertz CT molecular complexity index is 1130. The lowest BCUT2D eigenvalue weighted by atomic mass is 10.1. The van der Waals surface area contributed by atoms with Crippen LogP contribution in [0.25, 0.3) is 10.9 Å². The zero-order chi connectivity index (χ0) is 21.0. The van der Waals surface area contributed by atoms with Crippen LogP contribution in [-0.4, -0.2) is 28.0 Å². The summed E-state index contributed by atoms with van der Waals surface area (Å²) in [6, 6.07) is 11.0. The molecule has 0 unspecified atom stereocenters. The lowest BCUT2D eigenvalue weighted by Gasteiger charge is -2.13. The van der Waals surface area contributed by atoms with Crippen molar-refractivity contribution >= 4 is 28.5 Å². The van der Waals surface area contributed by atoms with Crippen molar-refractivity contribution in [1.29, 1.82) is 0 Å². The lowest BCUT2D eigenvalue weighted by Crippen LogP contribution is -2.28. The number of aromatic nitrogens is 2. The maximum Gasteiger partial charge on any atom is 0.418 e. The summed E-state index contributed by atoms with van der Waals surface area (Å²) in [5, 5.41) is 2.36. The fraction of sp³-hybridized carbons (Fsp3) is 0.158. The molecule has 0 aliphatic carbocycles. The number of rotatable bonds is 5. The molecule has 0 radical (unpaired) electrons. The van der Waals surface area contributed by atoms with Gasteiger partial charge >= 0.3 is 12.1 Å². The second kappa shape index (κ2) is 8.13. The first-order chi connectivity index (χ1) is 13.8. The van der Waals surface area contributed by atoms with Crippen LogP contribution in [0.5, 0.6) is 0 Å². The van der Waals surface area contributed by atoms with Gasteiger partial charge in [0.1, 0.15) is 6.54 Å². The normalized spacial score (nSPS) is 11.3. The van der Waals surface area contributed by atoms with Gasteiger partial charge in [-0.3, -0.25) is 19.0 Å². The maximum absolute atomic E-state index is 12.9. The minimum atomic E-state index is -4.65. The fourth-order valence-electron chi connectivity index (χ4n) is 2.58. The van der Waals surface area contributed by atoms with E-state index in [4.69, 9.17) is 4.74 Å². The van der Waals surface area contributed by atoms with Crippen LogP contribution in [0.2, 0.25) is 0 Å². The predicted octanol–water partition coefficient (Wildman–Crippen LogP) is 2.60. The number of fused-ring (bicyclic) bond motifs is 1. The molecule has 2 aromatic carbocycles. The molecule has 0 bridgehead atoms. The van der Waals surface area contributed by atoms with Crippen molar-refractivity contribution in [1.82, 2.24) is 9.55 Å². The summed E-state index contributed by atoms with van der Waals surface area (Å²) < 4.78 is 44.6. The van der Waals surface area contributed by atoms with E-state index in [1.165, 1.54) is 18.5 Å². The molecule has 0 spiro atoms. The van der Waals surface area contributed by atoms with Gasteiger partial charge in [-0.2, -0.15) is 13.2 Å². The second-order valence-electron chi connectivity index (χ2n) is 5.95. The minimum absolute atomic E-state index is 0.310. The van der Waals surface area contributed by atoms with Crippen LogP contribution < -0.4 is 10.9 Å². The molecule has 29 heavy (non-hydrogen) atoms. The third kappa shape index (κ3) is 4.78. The number of ether oxygens (including phenoxy) is 1. The Labute approximate surface area is 161 Å². The number of alkyl halides is 3. The maximum atomic E-state index is 12.9. The quantitative estimate of drug-likeness (QED) is 0.659. The summed E-state index contributed by atoms with van der Waals surface area (Å²) in [6.07, 6.45) is -3.48. The summed E-state index contributed by atoms with van der Waals surface area (Å²) in [7, 11) is 0. The average Bonchev–Trinajstić information content (AvgIpc) is 2.68. The molecule has 3 aromatic rings. The molecule has 10 heteroatoms. The van der Waals surface area contributed by atoms with E-state index in [1.54, 1.807) is 24.3 Å². The van der Waals surface area contributed by atoms with Crippen LogP contribution in [0, 0.1) is 0 Å². The van der Waals surface area contributed by atoms with Crippen molar-refractivity contribution in [3.63, 3.8) is 0 Å². The number of anilines is 1. The van der Waals surface area contributed by atoms with Gasteiger partial charge in [0.2, 0.25) is 0 Å². The molecule has 3 rings (SSSR count). The zero-order valence-corrected chi connectivity index (χ0v) is 14.8. The number of esters is 1.